The van der Waals surface area contributed by atoms with Crippen LogP contribution in [0.3, 0.4) is 0 Å². The second kappa shape index (κ2) is 8.59. The first-order valence-electron chi connectivity index (χ1n) is 14.4. The Morgan fingerprint density at radius 3 is 2.33 bits per heavy atom. The molecule has 0 saturated heterocycles. The second-order valence-electron chi connectivity index (χ2n) is 14.6. The minimum Gasteiger partial charge on any atom is -0.447 e. The Morgan fingerprint density at radius 2 is 1.75 bits per heavy atom. The van der Waals surface area contributed by atoms with Crippen LogP contribution in [0.2, 0.25) is 0 Å². The Labute approximate surface area is 234 Å². The van der Waals surface area contributed by atoms with Crippen LogP contribution in [-0.4, -0.2) is 53.0 Å². The number of ether oxygens (including phenoxy) is 2. The number of allylic oxidation sites excluding steroid dienone is 1. The van der Waals surface area contributed by atoms with Gasteiger partial charge in [-0.2, -0.15) is 5.26 Å². The number of carbonyl (C=O) groups is 3. The summed E-state index contributed by atoms with van der Waals surface area (Å²) in [5, 5.41) is 20.8. The molecule has 4 fully saturated rings. The van der Waals surface area contributed by atoms with Gasteiger partial charge in [-0.1, -0.05) is 48.5 Å². The van der Waals surface area contributed by atoms with E-state index in [0.717, 1.165) is 0 Å². The van der Waals surface area contributed by atoms with Crippen molar-refractivity contribution >= 4 is 17.7 Å². The van der Waals surface area contributed by atoms with E-state index in [1.165, 1.54) is 6.08 Å². The molecule has 4 saturated carbocycles. The number of nitrogens with zero attached hydrogens (tertiary/aromatic N) is 1. The number of rotatable bonds is 4. The molecule has 0 radical (unpaired) electrons. The molecule has 0 bridgehead atoms. The Morgan fingerprint density at radius 1 is 1.12 bits per heavy atom. The van der Waals surface area contributed by atoms with Crippen molar-refractivity contribution in [2.45, 2.75) is 104 Å². The fourth-order valence-corrected chi connectivity index (χ4v) is 9.78. The number of alkyl halides is 2. The lowest BCUT2D eigenvalue weighted by Gasteiger charge is -2.63. The van der Waals surface area contributed by atoms with Gasteiger partial charge in [-0.15, -0.1) is 0 Å². The first-order valence-corrected chi connectivity index (χ1v) is 14.4. The molecule has 0 amide bonds. The Balaban J connectivity index is 1.61. The molecule has 0 spiro atoms. The summed E-state index contributed by atoms with van der Waals surface area (Å²) in [6, 6.07) is 1.78. The van der Waals surface area contributed by atoms with Gasteiger partial charge in [-0.05, 0) is 54.1 Å². The summed E-state index contributed by atoms with van der Waals surface area (Å²) in [7, 11) is 0. The lowest BCUT2D eigenvalue weighted by Crippen LogP contribution is -2.71. The number of ketones is 1. The zero-order valence-corrected chi connectivity index (χ0v) is 24.5. The lowest BCUT2D eigenvalue weighted by atomic mass is 9.43. The number of carbonyl (C=O) groups excluding carboxylic acids is 3. The average molecular weight is 562 g/mol. The molecule has 9 atom stereocenters. The van der Waals surface area contributed by atoms with E-state index in [1.54, 1.807) is 26.8 Å². The third-order valence-electron chi connectivity index (χ3n) is 12.7. The number of halogens is 2. The van der Waals surface area contributed by atoms with Crippen molar-refractivity contribution in [1.82, 2.24) is 0 Å². The number of fused-ring (bicyclic) bond motifs is 5. The normalized spacial score (nSPS) is 46.7. The Kier molecular flexibility index (Phi) is 6.26. The average Bonchev–Trinajstić information content (AvgIpc) is 3.17. The highest BCUT2D eigenvalue weighted by Crippen LogP contribution is 2.73. The SMILES string of the molecule is C[C@@H]1C[C@H]2[C@@H]3CC(F)C4=CC(=O)CC[C@]4(C)[C@@]3(F)[C@@H](O)C[C@]2(C)[C@@]1(OC(=O)C1C(C)(C)C1(C)C)C(=O)OCC#N. The van der Waals surface area contributed by atoms with Crippen LogP contribution >= 0.6 is 0 Å². The van der Waals surface area contributed by atoms with E-state index < -0.39 is 76.6 Å². The summed E-state index contributed by atoms with van der Waals surface area (Å²) in [5.74, 6) is -4.48. The third-order valence-corrected chi connectivity index (χ3v) is 12.7. The molecule has 5 aliphatic carbocycles. The van der Waals surface area contributed by atoms with Gasteiger partial charge in [-0.3, -0.25) is 9.59 Å². The van der Waals surface area contributed by atoms with Crippen LogP contribution in [0.15, 0.2) is 11.6 Å². The molecule has 0 aromatic rings. The van der Waals surface area contributed by atoms with Crippen LogP contribution in [0.1, 0.15) is 80.6 Å². The van der Waals surface area contributed by atoms with E-state index >= 15 is 8.78 Å². The number of esters is 2. The number of hydrogen-bond acceptors (Lipinski definition) is 7. The van der Waals surface area contributed by atoms with E-state index in [9.17, 15) is 19.5 Å². The van der Waals surface area contributed by atoms with Crippen LogP contribution in [0.4, 0.5) is 8.78 Å². The number of aliphatic hydroxyl groups is 1. The predicted octanol–water partition coefficient (Wildman–Crippen LogP) is 4.81. The standard InChI is InChI=1S/C31H41F2NO6/c1-16-12-18-19-14-21(32)20-13-17(35)8-9-28(20,6)30(19,33)22(36)15-29(18,7)31(16,25(38)39-11-10-34)40-24(37)23-26(2,3)27(23,4)5/h13,16,18-19,21-23,36H,8-9,11-12,14-15H2,1-7H3/t16-,18+,19+,21?,22+,28+,29+,30+,31+/m1/s1. The first kappa shape index (κ1) is 29.2. The summed E-state index contributed by atoms with van der Waals surface area (Å²) in [6.07, 6.45) is -2.08. The van der Waals surface area contributed by atoms with Gasteiger partial charge in [0.1, 0.15) is 17.9 Å². The van der Waals surface area contributed by atoms with Crippen molar-refractivity contribution in [2.75, 3.05) is 6.61 Å². The van der Waals surface area contributed by atoms with Gasteiger partial charge < -0.3 is 14.6 Å². The second-order valence-corrected chi connectivity index (χ2v) is 14.6. The van der Waals surface area contributed by atoms with Crippen molar-refractivity contribution in [2.24, 2.45) is 45.3 Å². The zero-order valence-electron chi connectivity index (χ0n) is 24.5. The molecular weight excluding hydrogens is 520 g/mol. The van der Waals surface area contributed by atoms with Crippen molar-refractivity contribution < 1.29 is 37.7 Å². The smallest absolute Gasteiger partial charge is 0.352 e. The van der Waals surface area contributed by atoms with Gasteiger partial charge in [0.05, 0.1) is 12.0 Å². The summed E-state index contributed by atoms with van der Waals surface area (Å²) >= 11 is 0. The van der Waals surface area contributed by atoms with Crippen LogP contribution in [0.25, 0.3) is 0 Å². The first-order chi connectivity index (χ1) is 18.4. The van der Waals surface area contributed by atoms with Crippen molar-refractivity contribution in [3.05, 3.63) is 11.6 Å². The van der Waals surface area contributed by atoms with Crippen molar-refractivity contribution in [3.63, 3.8) is 0 Å². The minimum absolute atomic E-state index is 0.0607. The molecule has 1 N–H and O–H groups in total. The summed E-state index contributed by atoms with van der Waals surface area (Å²) in [5.41, 5.74) is -7.50. The fourth-order valence-electron chi connectivity index (χ4n) is 9.78. The molecule has 220 valence electrons. The maximum Gasteiger partial charge on any atom is 0.352 e. The van der Waals surface area contributed by atoms with Crippen molar-refractivity contribution in [1.29, 1.82) is 5.26 Å². The molecule has 0 aromatic carbocycles. The van der Waals surface area contributed by atoms with E-state index in [2.05, 4.69) is 0 Å². The number of hydrogen-bond donors (Lipinski definition) is 1. The maximum atomic E-state index is 17.6. The predicted molar refractivity (Wildman–Crippen MR) is 140 cm³/mol. The summed E-state index contributed by atoms with van der Waals surface area (Å²) in [6.45, 7) is 12.3. The Hall–Kier alpha value is -2.34. The summed E-state index contributed by atoms with van der Waals surface area (Å²) < 4.78 is 45.0. The van der Waals surface area contributed by atoms with Gasteiger partial charge >= 0.3 is 11.9 Å². The van der Waals surface area contributed by atoms with Crippen LogP contribution < -0.4 is 0 Å². The summed E-state index contributed by atoms with van der Waals surface area (Å²) in [4.78, 5) is 39.8. The van der Waals surface area contributed by atoms with Gasteiger partial charge in [0, 0.05) is 29.1 Å². The topological polar surface area (TPSA) is 114 Å². The third kappa shape index (κ3) is 3.26. The Bertz CT molecular complexity index is 1220. The van der Waals surface area contributed by atoms with Crippen LogP contribution in [0.5, 0.6) is 0 Å². The van der Waals surface area contributed by atoms with Crippen molar-refractivity contribution in [3.8, 4) is 6.07 Å². The maximum absolute atomic E-state index is 17.6. The highest BCUT2D eigenvalue weighted by Gasteiger charge is 2.80. The lowest BCUT2D eigenvalue weighted by molar-refractivity contribution is -0.245. The van der Waals surface area contributed by atoms with Gasteiger partial charge in [0.15, 0.2) is 12.4 Å². The quantitative estimate of drug-likeness (QED) is 0.490. The largest absolute Gasteiger partial charge is 0.447 e. The highest BCUT2D eigenvalue weighted by molar-refractivity contribution is 5.92. The number of nitriles is 1. The molecule has 0 aromatic heterocycles. The molecule has 0 heterocycles. The molecular formula is C31H41F2NO6. The highest BCUT2D eigenvalue weighted by atomic mass is 19.1. The van der Waals surface area contributed by atoms with Gasteiger partial charge in [0.25, 0.3) is 0 Å². The molecule has 0 aliphatic heterocycles. The van der Waals surface area contributed by atoms with Crippen LogP contribution in [-0.2, 0) is 23.9 Å². The molecule has 7 nitrogen and oxygen atoms in total. The van der Waals surface area contributed by atoms with Crippen LogP contribution in [0, 0.1) is 56.7 Å². The van der Waals surface area contributed by atoms with Gasteiger partial charge in [0.2, 0.25) is 5.60 Å². The van der Waals surface area contributed by atoms with E-state index in [0.29, 0.717) is 0 Å². The minimum atomic E-state index is -2.25. The zero-order chi connectivity index (χ0) is 29.8. The number of aliphatic hydroxyl groups excluding tert-OH is 1. The molecule has 1 unspecified atom stereocenters. The molecule has 5 rings (SSSR count). The van der Waals surface area contributed by atoms with E-state index in [1.807, 2.05) is 27.7 Å². The van der Waals surface area contributed by atoms with E-state index in [-0.39, 0.29) is 54.3 Å². The van der Waals surface area contributed by atoms with E-state index in [4.69, 9.17) is 14.7 Å². The molecule has 40 heavy (non-hydrogen) atoms. The fraction of sp³-hybridized carbons (Fsp3) is 0.806. The molecule has 9 heteroatoms. The monoisotopic (exact) mass is 561 g/mol. The van der Waals surface area contributed by atoms with Gasteiger partial charge in [-0.25, -0.2) is 13.6 Å². The molecule has 5 aliphatic rings.